The number of hydrogen-bond donors (Lipinski definition) is 1. The standard InChI is InChI=1S/C20H18O2/c1-22-19-15-13-18(14-16-19)20(21)12-8-3-2-5-9-17-10-6-4-7-11-17/h4,6-7,10-11,13-16,20-21H,5,9H2,1H3/t20-/m0/s1. The second-order valence-electron chi connectivity index (χ2n) is 4.73. The van der Waals surface area contributed by atoms with Crippen molar-refractivity contribution < 1.29 is 9.84 Å². The highest BCUT2D eigenvalue weighted by Crippen LogP contribution is 2.16. The summed E-state index contributed by atoms with van der Waals surface area (Å²) in [4.78, 5) is 0. The molecule has 0 bridgehead atoms. The van der Waals surface area contributed by atoms with Crippen LogP contribution < -0.4 is 4.74 Å². The van der Waals surface area contributed by atoms with Crippen molar-refractivity contribution in [2.45, 2.75) is 18.9 Å². The monoisotopic (exact) mass is 290 g/mol. The molecule has 2 rings (SSSR count). The van der Waals surface area contributed by atoms with E-state index in [1.807, 2.05) is 18.2 Å². The van der Waals surface area contributed by atoms with E-state index < -0.39 is 6.10 Å². The maximum atomic E-state index is 9.94. The molecule has 0 radical (unpaired) electrons. The molecule has 0 spiro atoms. The molecule has 0 heterocycles. The molecule has 0 aliphatic carbocycles. The summed E-state index contributed by atoms with van der Waals surface area (Å²) < 4.78 is 5.07. The molecule has 0 amide bonds. The van der Waals surface area contributed by atoms with Gasteiger partial charge in [0.15, 0.2) is 0 Å². The van der Waals surface area contributed by atoms with Crippen LogP contribution in [0.25, 0.3) is 0 Å². The van der Waals surface area contributed by atoms with Crippen molar-refractivity contribution in [3.05, 3.63) is 65.7 Å². The Kier molecular flexibility index (Phi) is 6.12. The Labute approximate surface area is 131 Å². The number of aliphatic hydroxyl groups is 1. The molecule has 2 nitrogen and oxygen atoms in total. The van der Waals surface area contributed by atoms with Crippen molar-refractivity contribution in [2.75, 3.05) is 7.11 Å². The lowest BCUT2D eigenvalue weighted by Crippen LogP contribution is -1.93. The van der Waals surface area contributed by atoms with Crippen LogP contribution in [0, 0.1) is 23.7 Å². The molecule has 2 aromatic rings. The van der Waals surface area contributed by atoms with Crippen LogP contribution in [0.1, 0.15) is 23.7 Å². The van der Waals surface area contributed by atoms with Gasteiger partial charge in [0.1, 0.15) is 11.9 Å². The van der Waals surface area contributed by atoms with Gasteiger partial charge in [0, 0.05) is 6.42 Å². The average Bonchev–Trinajstić information content (AvgIpc) is 2.58. The first-order valence-corrected chi connectivity index (χ1v) is 7.14. The Morgan fingerprint density at radius 3 is 2.41 bits per heavy atom. The fourth-order valence-corrected chi connectivity index (χ4v) is 1.93. The van der Waals surface area contributed by atoms with E-state index in [0.717, 1.165) is 24.2 Å². The van der Waals surface area contributed by atoms with Gasteiger partial charge >= 0.3 is 0 Å². The lowest BCUT2D eigenvalue weighted by Gasteiger charge is -2.04. The number of benzene rings is 2. The van der Waals surface area contributed by atoms with Crippen molar-refractivity contribution in [3.8, 4) is 29.4 Å². The smallest absolute Gasteiger partial charge is 0.141 e. The molecular formula is C20H18O2. The number of aliphatic hydroxyl groups excluding tert-OH is 1. The number of ether oxygens (including phenoxy) is 1. The Balaban J connectivity index is 1.84. The van der Waals surface area contributed by atoms with Gasteiger partial charge in [-0.2, -0.15) is 0 Å². The molecule has 0 unspecified atom stereocenters. The van der Waals surface area contributed by atoms with Crippen LogP contribution >= 0.6 is 0 Å². The highest BCUT2D eigenvalue weighted by molar-refractivity contribution is 5.35. The predicted octanol–water partition coefficient (Wildman–Crippen LogP) is 3.37. The summed E-state index contributed by atoms with van der Waals surface area (Å²) in [6.45, 7) is 0. The molecule has 2 aromatic carbocycles. The van der Waals surface area contributed by atoms with Crippen molar-refractivity contribution in [1.29, 1.82) is 0 Å². The molecule has 22 heavy (non-hydrogen) atoms. The van der Waals surface area contributed by atoms with Crippen LogP contribution in [0.2, 0.25) is 0 Å². The minimum atomic E-state index is -0.825. The van der Waals surface area contributed by atoms with Gasteiger partial charge in [-0.1, -0.05) is 54.3 Å². The maximum Gasteiger partial charge on any atom is 0.141 e. The van der Waals surface area contributed by atoms with E-state index in [9.17, 15) is 5.11 Å². The minimum absolute atomic E-state index is 0.736. The third kappa shape index (κ3) is 5.02. The fraction of sp³-hybridized carbons (Fsp3) is 0.200. The van der Waals surface area contributed by atoms with Gasteiger partial charge in [0.25, 0.3) is 0 Å². The molecule has 0 aliphatic heterocycles. The summed E-state index contributed by atoms with van der Waals surface area (Å²) in [6, 6.07) is 17.4. The Morgan fingerprint density at radius 2 is 1.73 bits per heavy atom. The Bertz CT molecular complexity index is 695. The van der Waals surface area contributed by atoms with Crippen molar-refractivity contribution >= 4 is 0 Å². The van der Waals surface area contributed by atoms with Crippen LogP contribution in [-0.2, 0) is 6.42 Å². The van der Waals surface area contributed by atoms with Crippen LogP contribution in [-0.4, -0.2) is 12.2 Å². The number of methoxy groups -OCH3 is 1. The third-order valence-electron chi connectivity index (χ3n) is 3.17. The summed E-state index contributed by atoms with van der Waals surface area (Å²) in [6.07, 6.45) is 0.850. The zero-order valence-electron chi connectivity index (χ0n) is 12.5. The van der Waals surface area contributed by atoms with E-state index in [0.29, 0.717) is 0 Å². The summed E-state index contributed by atoms with van der Waals surface area (Å²) in [7, 11) is 1.61. The molecule has 0 fully saturated rings. The van der Waals surface area contributed by atoms with Crippen LogP contribution in [0.4, 0.5) is 0 Å². The highest BCUT2D eigenvalue weighted by atomic mass is 16.5. The summed E-state index contributed by atoms with van der Waals surface area (Å²) >= 11 is 0. The van der Waals surface area contributed by atoms with E-state index in [1.54, 1.807) is 31.4 Å². The van der Waals surface area contributed by atoms with Gasteiger partial charge in [-0.3, -0.25) is 0 Å². The Morgan fingerprint density at radius 1 is 1.00 bits per heavy atom. The third-order valence-corrected chi connectivity index (χ3v) is 3.17. The zero-order valence-corrected chi connectivity index (χ0v) is 12.5. The largest absolute Gasteiger partial charge is 0.497 e. The molecule has 0 saturated heterocycles. The topological polar surface area (TPSA) is 29.5 Å². The number of aryl methyl sites for hydroxylation is 1. The molecule has 0 saturated carbocycles. The summed E-state index contributed by atoms with van der Waals surface area (Å²) in [5.74, 6) is 12.0. The van der Waals surface area contributed by atoms with Gasteiger partial charge in [0.05, 0.1) is 7.11 Å². The minimum Gasteiger partial charge on any atom is -0.497 e. The first kappa shape index (κ1) is 15.7. The van der Waals surface area contributed by atoms with Gasteiger partial charge in [0.2, 0.25) is 0 Å². The first-order chi connectivity index (χ1) is 10.8. The normalized spacial score (nSPS) is 10.6. The molecular weight excluding hydrogens is 272 g/mol. The van der Waals surface area contributed by atoms with E-state index in [-0.39, 0.29) is 0 Å². The lowest BCUT2D eigenvalue weighted by atomic mass is 10.1. The van der Waals surface area contributed by atoms with Gasteiger partial charge < -0.3 is 9.84 Å². The number of rotatable bonds is 4. The SMILES string of the molecule is COc1ccc([C@@H](O)C#CC#CCCc2ccccc2)cc1. The predicted molar refractivity (Wildman–Crippen MR) is 88.3 cm³/mol. The molecule has 0 aliphatic rings. The zero-order chi connectivity index (χ0) is 15.6. The van der Waals surface area contributed by atoms with Crippen molar-refractivity contribution in [3.63, 3.8) is 0 Å². The second-order valence-corrected chi connectivity index (χ2v) is 4.73. The first-order valence-electron chi connectivity index (χ1n) is 7.14. The van der Waals surface area contributed by atoms with Gasteiger partial charge in [-0.15, -0.1) is 0 Å². The maximum absolute atomic E-state index is 9.94. The quantitative estimate of drug-likeness (QED) is 0.875. The Hall–Kier alpha value is -2.68. The van der Waals surface area contributed by atoms with E-state index in [2.05, 4.69) is 35.8 Å². The fourth-order valence-electron chi connectivity index (χ4n) is 1.93. The second kappa shape index (κ2) is 8.57. The molecule has 0 aromatic heterocycles. The van der Waals surface area contributed by atoms with Gasteiger partial charge in [-0.05, 0) is 41.5 Å². The molecule has 2 heteroatoms. The van der Waals surface area contributed by atoms with Crippen molar-refractivity contribution in [2.24, 2.45) is 0 Å². The molecule has 1 N–H and O–H groups in total. The lowest BCUT2D eigenvalue weighted by molar-refractivity contribution is 0.238. The van der Waals surface area contributed by atoms with E-state index >= 15 is 0 Å². The van der Waals surface area contributed by atoms with Crippen LogP contribution in [0.5, 0.6) is 5.75 Å². The molecule has 110 valence electrons. The van der Waals surface area contributed by atoms with Gasteiger partial charge in [-0.25, -0.2) is 0 Å². The van der Waals surface area contributed by atoms with E-state index in [4.69, 9.17) is 4.74 Å². The van der Waals surface area contributed by atoms with Crippen LogP contribution in [0.15, 0.2) is 54.6 Å². The average molecular weight is 290 g/mol. The summed E-state index contributed by atoms with van der Waals surface area (Å²) in [5, 5.41) is 9.94. The van der Waals surface area contributed by atoms with Crippen molar-refractivity contribution in [1.82, 2.24) is 0 Å². The highest BCUT2D eigenvalue weighted by Gasteiger charge is 2.02. The molecule has 1 atom stereocenters. The van der Waals surface area contributed by atoms with Crippen LogP contribution in [0.3, 0.4) is 0 Å². The number of hydrogen-bond acceptors (Lipinski definition) is 2. The van der Waals surface area contributed by atoms with E-state index in [1.165, 1.54) is 5.56 Å². The summed E-state index contributed by atoms with van der Waals surface area (Å²) in [5.41, 5.74) is 2.00.